The molecule has 2 heterocycles. The van der Waals surface area contributed by atoms with Crippen LogP contribution >= 0.6 is 11.8 Å². The Morgan fingerprint density at radius 2 is 1.92 bits per heavy atom. The van der Waals surface area contributed by atoms with E-state index in [4.69, 9.17) is 4.74 Å². The van der Waals surface area contributed by atoms with Crippen LogP contribution in [-0.2, 0) is 4.79 Å². The number of benzene rings is 1. The van der Waals surface area contributed by atoms with Crippen molar-refractivity contribution in [1.82, 2.24) is 15.1 Å². The molecule has 132 valence electrons. The van der Waals surface area contributed by atoms with E-state index >= 15 is 0 Å². The molecule has 0 N–H and O–H groups in total. The molecule has 1 amide bonds. The highest BCUT2D eigenvalue weighted by Gasteiger charge is 2.24. The van der Waals surface area contributed by atoms with Crippen molar-refractivity contribution in [2.24, 2.45) is 0 Å². The summed E-state index contributed by atoms with van der Waals surface area (Å²) in [5.41, 5.74) is 0.853. The second-order valence-corrected chi connectivity index (χ2v) is 7.00. The first kappa shape index (κ1) is 17.7. The number of carbonyl (C=O) groups is 1. The van der Waals surface area contributed by atoms with Gasteiger partial charge in [-0.2, -0.15) is 5.10 Å². The molecule has 1 fully saturated rings. The minimum atomic E-state index is -0.268. The number of ether oxygens (including phenoxy) is 1. The average Bonchev–Trinajstić information content (AvgIpc) is 2.63. The lowest BCUT2D eigenvalue weighted by atomic mass is 10.1. The molecule has 0 aliphatic carbocycles. The number of amides is 1. The van der Waals surface area contributed by atoms with Crippen molar-refractivity contribution in [3.8, 4) is 5.88 Å². The van der Waals surface area contributed by atoms with Crippen molar-refractivity contribution in [2.75, 3.05) is 18.8 Å². The van der Waals surface area contributed by atoms with Gasteiger partial charge in [0, 0.05) is 36.9 Å². The van der Waals surface area contributed by atoms with Gasteiger partial charge in [0.2, 0.25) is 11.8 Å². The van der Waals surface area contributed by atoms with Gasteiger partial charge in [0.25, 0.3) is 0 Å². The predicted octanol–water partition coefficient (Wildman–Crippen LogP) is 3.09. The smallest absolute Gasteiger partial charge is 0.233 e. The molecule has 3 rings (SSSR count). The maximum Gasteiger partial charge on any atom is 0.233 e. The Bertz CT molecular complexity index is 701. The molecule has 0 unspecified atom stereocenters. The predicted molar refractivity (Wildman–Crippen MR) is 94.1 cm³/mol. The van der Waals surface area contributed by atoms with Gasteiger partial charge in [-0.1, -0.05) is 0 Å². The molecule has 1 aromatic carbocycles. The molecule has 0 bridgehead atoms. The molecule has 0 saturated carbocycles. The lowest BCUT2D eigenvalue weighted by Crippen LogP contribution is -2.42. The molecule has 1 aliphatic heterocycles. The van der Waals surface area contributed by atoms with Gasteiger partial charge < -0.3 is 9.64 Å². The number of halogens is 1. The fourth-order valence-electron chi connectivity index (χ4n) is 2.61. The van der Waals surface area contributed by atoms with Crippen molar-refractivity contribution in [3.63, 3.8) is 0 Å². The van der Waals surface area contributed by atoms with E-state index in [1.165, 1.54) is 23.9 Å². The first-order valence-corrected chi connectivity index (χ1v) is 9.22. The zero-order valence-electron chi connectivity index (χ0n) is 14.0. The maximum atomic E-state index is 12.9. The van der Waals surface area contributed by atoms with Crippen molar-refractivity contribution < 1.29 is 13.9 Å². The summed E-state index contributed by atoms with van der Waals surface area (Å²) in [6.45, 7) is 3.23. The lowest BCUT2D eigenvalue weighted by Gasteiger charge is -2.31. The van der Waals surface area contributed by atoms with Crippen LogP contribution in [0.5, 0.6) is 5.88 Å². The van der Waals surface area contributed by atoms with Crippen LogP contribution in [0.2, 0.25) is 0 Å². The quantitative estimate of drug-likeness (QED) is 0.766. The van der Waals surface area contributed by atoms with Crippen molar-refractivity contribution in [2.45, 2.75) is 30.8 Å². The molecule has 2 aromatic rings. The summed E-state index contributed by atoms with van der Waals surface area (Å²) in [6.07, 6.45) is 1.62. The summed E-state index contributed by atoms with van der Waals surface area (Å²) in [5, 5.41) is 7.99. The van der Waals surface area contributed by atoms with E-state index in [0.29, 0.717) is 24.7 Å². The average molecular weight is 361 g/mol. The van der Waals surface area contributed by atoms with E-state index in [-0.39, 0.29) is 17.8 Å². The van der Waals surface area contributed by atoms with Gasteiger partial charge in [0.05, 0.1) is 11.4 Å². The number of aryl methyl sites for hydroxylation is 1. The number of rotatable bonds is 5. The van der Waals surface area contributed by atoms with Crippen LogP contribution in [0.1, 0.15) is 18.5 Å². The largest absolute Gasteiger partial charge is 0.473 e. The molecular formula is C18H20FN3O2S. The Balaban J connectivity index is 1.42. The summed E-state index contributed by atoms with van der Waals surface area (Å²) in [4.78, 5) is 15.1. The first-order chi connectivity index (χ1) is 12.1. The van der Waals surface area contributed by atoms with E-state index < -0.39 is 0 Å². The number of hydrogen-bond donors (Lipinski definition) is 0. The van der Waals surface area contributed by atoms with E-state index in [0.717, 1.165) is 23.4 Å². The number of hydrogen-bond acceptors (Lipinski definition) is 5. The number of likely N-dealkylation sites (tertiary alicyclic amines) is 1. The molecule has 25 heavy (non-hydrogen) atoms. The zero-order chi connectivity index (χ0) is 17.6. The topological polar surface area (TPSA) is 55.3 Å². The Kier molecular flexibility index (Phi) is 5.86. The Morgan fingerprint density at radius 1 is 1.20 bits per heavy atom. The number of thioether (sulfide) groups is 1. The Hall–Kier alpha value is -2.15. The summed E-state index contributed by atoms with van der Waals surface area (Å²) < 4.78 is 18.7. The second-order valence-electron chi connectivity index (χ2n) is 5.95. The van der Waals surface area contributed by atoms with Crippen molar-refractivity contribution in [1.29, 1.82) is 0 Å². The Labute approximate surface area is 150 Å². The minimum Gasteiger partial charge on any atom is -0.473 e. The summed E-state index contributed by atoms with van der Waals surface area (Å²) in [6, 6.07) is 9.88. The number of nitrogens with zero attached hydrogens (tertiary/aromatic N) is 3. The van der Waals surface area contributed by atoms with Gasteiger partial charge >= 0.3 is 0 Å². The van der Waals surface area contributed by atoms with Crippen LogP contribution in [0.15, 0.2) is 41.3 Å². The molecule has 0 spiro atoms. The fourth-order valence-corrected chi connectivity index (χ4v) is 3.41. The van der Waals surface area contributed by atoms with Gasteiger partial charge in [-0.05, 0) is 37.3 Å². The van der Waals surface area contributed by atoms with E-state index in [2.05, 4.69) is 10.2 Å². The molecule has 0 radical (unpaired) electrons. The molecule has 1 saturated heterocycles. The zero-order valence-corrected chi connectivity index (χ0v) is 14.8. The molecule has 1 aromatic heterocycles. The Morgan fingerprint density at radius 3 is 2.56 bits per heavy atom. The van der Waals surface area contributed by atoms with Crippen LogP contribution in [0.4, 0.5) is 4.39 Å². The standard InChI is InChI=1S/C18H20FN3O2S/c1-13-2-7-17(21-20-13)24-15-8-10-22(11-9-15)18(23)12-25-16-5-3-14(19)4-6-16/h2-7,15H,8-12H2,1H3. The third kappa shape index (κ3) is 5.16. The van der Waals surface area contributed by atoms with Crippen molar-refractivity contribution >= 4 is 17.7 Å². The van der Waals surface area contributed by atoms with Gasteiger partial charge in [-0.25, -0.2) is 4.39 Å². The minimum absolute atomic E-state index is 0.0609. The van der Waals surface area contributed by atoms with E-state index in [1.54, 1.807) is 12.1 Å². The molecular weight excluding hydrogens is 341 g/mol. The molecule has 0 atom stereocenters. The van der Waals surface area contributed by atoms with E-state index in [1.807, 2.05) is 24.0 Å². The summed E-state index contributed by atoms with van der Waals surface area (Å²) in [5.74, 6) is 0.724. The number of piperidine rings is 1. The lowest BCUT2D eigenvalue weighted by molar-refractivity contribution is -0.130. The van der Waals surface area contributed by atoms with Crippen LogP contribution in [0.25, 0.3) is 0 Å². The highest BCUT2D eigenvalue weighted by Crippen LogP contribution is 2.21. The normalized spacial score (nSPS) is 15.2. The molecule has 7 heteroatoms. The van der Waals surface area contributed by atoms with Gasteiger partial charge in [-0.15, -0.1) is 16.9 Å². The van der Waals surface area contributed by atoms with Crippen molar-refractivity contribution in [3.05, 3.63) is 47.9 Å². The maximum absolute atomic E-state index is 12.9. The second kappa shape index (κ2) is 8.29. The monoisotopic (exact) mass is 361 g/mol. The number of aromatic nitrogens is 2. The summed E-state index contributed by atoms with van der Waals surface area (Å²) in [7, 11) is 0. The fraction of sp³-hybridized carbons (Fsp3) is 0.389. The third-order valence-electron chi connectivity index (χ3n) is 4.03. The number of carbonyl (C=O) groups excluding carboxylic acids is 1. The van der Waals surface area contributed by atoms with Gasteiger partial charge in [0.15, 0.2) is 0 Å². The van der Waals surface area contributed by atoms with Crippen LogP contribution in [0, 0.1) is 12.7 Å². The summed E-state index contributed by atoms with van der Waals surface area (Å²) >= 11 is 1.43. The highest BCUT2D eigenvalue weighted by molar-refractivity contribution is 8.00. The van der Waals surface area contributed by atoms with Gasteiger partial charge in [-0.3, -0.25) is 4.79 Å². The molecule has 5 nitrogen and oxygen atoms in total. The molecule has 1 aliphatic rings. The van der Waals surface area contributed by atoms with Crippen LogP contribution in [-0.4, -0.2) is 46.0 Å². The van der Waals surface area contributed by atoms with E-state index in [9.17, 15) is 9.18 Å². The van der Waals surface area contributed by atoms with Crippen LogP contribution in [0.3, 0.4) is 0 Å². The SMILES string of the molecule is Cc1ccc(OC2CCN(C(=O)CSc3ccc(F)cc3)CC2)nn1. The third-order valence-corrected chi connectivity index (χ3v) is 5.03. The van der Waals surface area contributed by atoms with Crippen LogP contribution < -0.4 is 4.74 Å². The highest BCUT2D eigenvalue weighted by atomic mass is 32.2. The first-order valence-electron chi connectivity index (χ1n) is 8.23. The van der Waals surface area contributed by atoms with Gasteiger partial charge in [0.1, 0.15) is 11.9 Å².